The number of aromatic nitrogens is 6. The average molecular weight is 792 g/mol. The predicted molar refractivity (Wildman–Crippen MR) is 229 cm³/mol. The predicted octanol–water partition coefficient (Wildman–Crippen LogP) is 10.1. The lowest BCUT2D eigenvalue weighted by molar-refractivity contribution is 0.426. The Morgan fingerprint density at radius 1 is 0.393 bits per heavy atom. The molecule has 0 aliphatic carbocycles. The van der Waals surface area contributed by atoms with Crippen molar-refractivity contribution in [3.63, 3.8) is 0 Å². The Bertz CT molecular complexity index is 2830. The van der Waals surface area contributed by atoms with Crippen LogP contribution in [0.25, 0.3) is 66.8 Å². The van der Waals surface area contributed by atoms with E-state index in [1.165, 1.54) is 16.8 Å². The van der Waals surface area contributed by atoms with Crippen molar-refractivity contribution in [1.82, 2.24) is 29.1 Å². The Morgan fingerprint density at radius 2 is 0.732 bits per heavy atom. The van der Waals surface area contributed by atoms with Crippen molar-refractivity contribution in [2.75, 3.05) is 0 Å². The molecule has 0 amide bonds. The summed E-state index contributed by atoms with van der Waals surface area (Å²) in [5.41, 5.74) is 6.53. The summed E-state index contributed by atoms with van der Waals surface area (Å²) in [4.78, 5) is 18.0. The largest absolute Gasteiger partial charge is 0.488 e. The molecule has 2 N–H and O–H groups in total. The number of fused-ring (bicyclic) bond motifs is 6. The number of para-hydroxylation sites is 4. The normalized spacial score (nSPS) is 10.9. The van der Waals surface area contributed by atoms with Gasteiger partial charge in [-0.25, -0.2) is 19.9 Å². The smallest absolute Gasteiger partial charge is 0.423 e. The number of rotatable bonds is 4. The van der Waals surface area contributed by atoms with Crippen LogP contribution >= 0.6 is 34.8 Å². The molecule has 6 aromatic carbocycles. The molecule has 0 fully saturated rings. The topological polar surface area (TPSA) is 102 Å². The van der Waals surface area contributed by atoms with E-state index >= 15 is 0 Å². The average Bonchev–Trinajstić information content (AvgIpc) is 3.75. The van der Waals surface area contributed by atoms with Gasteiger partial charge in [0.1, 0.15) is 15.5 Å². The second-order valence-electron chi connectivity index (χ2n) is 12.6. The molecule has 0 radical (unpaired) electrons. The molecular weight excluding hydrogens is 762 g/mol. The molecule has 10 aromatic rings. The molecule has 0 saturated carbocycles. The first-order chi connectivity index (χ1) is 27.4. The number of halogens is 3. The van der Waals surface area contributed by atoms with E-state index in [4.69, 9.17) is 49.8 Å². The monoisotopic (exact) mass is 790 g/mol. The van der Waals surface area contributed by atoms with Gasteiger partial charge >= 0.3 is 7.12 Å². The van der Waals surface area contributed by atoms with Crippen molar-refractivity contribution >= 4 is 91.0 Å². The molecule has 0 spiro atoms. The maximum atomic E-state index is 8.58. The molecule has 56 heavy (non-hydrogen) atoms. The Morgan fingerprint density at radius 3 is 1.12 bits per heavy atom. The number of hydrogen-bond donors (Lipinski definition) is 2. The molecule has 10 rings (SSSR count). The standard InChI is InChI=1S/C22H14ClN3.C16H9Cl2N3.C6H7BO2/c23-21-14-18(15-8-2-1-3-9-15)24-22(25-21)26-19-12-6-4-10-16(19)17-11-5-7-13-20(17)26;17-14-9-15(18)20-16(19-14)21-12-7-3-1-5-10(12)11-6-2-4-8-13(11)21;8-7(9)6-4-2-1-3-5-6/h1-14H;1-9H;1-5,8-9H. The van der Waals surface area contributed by atoms with Crippen molar-refractivity contribution in [1.29, 1.82) is 0 Å². The molecule has 8 nitrogen and oxygen atoms in total. The second-order valence-corrected chi connectivity index (χ2v) is 13.7. The number of nitrogens with zero attached hydrogens (tertiary/aromatic N) is 6. The SMILES string of the molecule is Clc1cc(-c2ccccc2)nc(-n2c3ccccc3c3ccccc32)n1.Clc1cc(Cl)nc(-n2c3ccccc3c3ccccc32)n1.OB(O)c1ccccc1. The molecule has 0 aliphatic rings. The van der Waals surface area contributed by atoms with E-state index in [2.05, 4.69) is 55.9 Å². The first-order valence-corrected chi connectivity index (χ1v) is 18.7. The molecule has 12 heteroatoms. The number of benzene rings is 6. The Kier molecular flexibility index (Phi) is 10.8. The molecule has 0 saturated heterocycles. The van der Waals surface area contributed by atoms with Crippen molar-refractivity contribution in [3.05, 3.63) is 185 Å². The van der Waals surface area contributed by atoms with Gasteiger partial charge in [-0.05, 0) is 29.7 Å². The van der Waals surface area contributed by atoms with Gasteiger partial charge in [-0.15, -0.1) is 0 Å². The maximum absolute atomic E-state index is 8.58. The lowest BCUT2D eigenvalue weighted by Crippen LogP contribution is -2.29. The number of hydrogen-bond acceptors (Lipinski definition) is 6. The minimum atomic E-state index is -1.34. The van der Waals surface area contributed by atoms with Gasteiger partial charge in [0.2, 0.25) is 11.9 Å². The Hall–Kier alpha value is -6.07. The van der Waals surface area contributed by atoms with Gasteiger partial charge in [-0.2, -0.15) is 0 Å². The van der Waals surface area contributed by atoms with Crippen LogP contribution in [0.4, 0.5) is 0 Å². The van der Waals surface area contributed by atoms with Crippen LogP contribution in [0.3, 0.4) is 0 Å². The zero-order chi connectivity index (χ0) is 38.6. The summed E-state index contributed by atoms with van der Waals surface area (Å²) in [6.45, 7) is 0. The third-order valence-corrected chi connectivity index (χ3v) is 9.64. The van der Waals surface area contributed by atoms with Crippen LogP contribution in [-0.2, 0) is 0 Å². The molecule has 0 bridgehead atoms. The Labute approximate surface area is 337 Å². The first-order valence-electron chi connectivity index (χ1n) is 17.5. The highest BCUT2D eigenvalue weighted by Gasteiger charge is 2.16. The quantitative estimate of drug-likeness (QED) is 0.136. The van der Waals surface area contributed by atoms with E-state index in [0.29, 0.717) is 32.8 Å². The summed E-state index contributed by atoms with van der Waals surface area (Å²) in [6, 6.07) is 54.8. The van der Waals surface area contributed by atoms with Gasteiger partial charge in [0.05, 0.1) is 27.8 Å². The summed E-state index contributed by atoms with van der Waals surface area (Å²) < 4.78 is 4.05. The van der Waals surface area contributed by atoms with Gasteiger partial charge in [0, 0.05) is 39.2 Å². The second kappa shape index (κ2) is 16.3. The lowest BCUT2D eigenvalue weighted by Gasteiger charge is -2.09. The minimum absolute atomic E-state index is 0.326. The molecule has 4 aromatic heterocycles. The van der Waals surface area contributed by atoms with Crippen LogP contribution in [0.2, 0.25) is 15.5 Å². The summed E-state index contributed by atoms with van der Waals surface area (Å²) in [5.74, 6) is 1.05. The van der Waals surface area contributed by atoms with E-state index in [9.17, 15) is 0 Å². The highest BCUT2D eigenvalue weighted by atomic mass is 35.5. The van der Waals surface area contributed by atoms with Crippen LogP contribution in [0.15, 0.2) is 170 Å². The van der Waals surface area contributed by atoms with Crippen LogP contribution in [-0.4, -0.2) is 46.2 Å². The van der Waals surface area contributed by atoms with Crippen molar-refractivity contribution in [2.45, 2.75) is 0 Å². The molecule has 0 aliphatic heterocycles. The van der Waals surface area contributed by atoms with E-state index < -0.39 is 7.12 Å². The van der Waals surface area contributed by atoms with Crippen LogP contribution in [0.5, 0.6) is 0 Å². The molecule has 272 valence electrons. The van der Waals surface area contributed by atoms with Gasteiger partial charge in [-0.1, -0.05) is 168 Å². The summed E-state index contributed by atoms with van der Waals surface area (Å²) in [6.07, 6.45) is 0. The van der Waals surface area contributed by atoms with Gasteiger partial charge < -0.3 is 10.0 Å². The van der Waals surface area contributed by atoms with Gasteiger partial charge in [0.25, 0.3) is 0 Å². The van der Waals surface area contributed by atoms with Gasteiger partial charge in [0.15, 0.2) is 0 Å². The minimum Gasteiger partial charge on any atom is -0.423 e. The van der Waals surface area contributed by atoms with E-state index in [-0.39, 0.29) is 0 Å². The maximum Gasteiger partial charge on any atom is 0.488 e. The molecule has 4 heterocycles. The highest BCUT2D eigenvalue weighted by molar-refractivity contribution is 6.58. The van der Waals surface area contributed by atoms with Crippen LogP contribution < -0.4 is 5.46 Å². The molecule has 0 atom stereocenters. The summed E-state index contributed by atoms with van der Waals surface area (Å²) in [7, 11) is -1.34. The van der Waals surface area contributed by atoms with E-state index in [0.717, 1.165) is 44.1 Å². The highest BCUT2D eigenvalue weighted by Crippen LogP contribution is 2.33. The van der Waals surface area contributed by atoms with E-state index in [1.54, 1.807) is 30.3 Å². The fourth-order valence-electron chi connectivity index (χ4n) is 6.64. The van der Waals surface area contributed by atoms with E-state index in [1.807, 2.05) is 102 Å². The van der Waals surface area contributed by atoms with Crippen LogP contribution in [0.1, 0.15) is 0 Å². The molecular formula is C44H30BCl3N6O2. The Balaban J connectivity index is 0.000000131. The van der Waals surface area contributed by atoms with Crippen molar-refractivity contribution in [3.8, 4) is 23.2 Å². The first kappa shape index (κ1) is 36.9. The third kappa shape index (κ3) is 7.59. The van der Waals surface area contributed by atoms with Gasteiger partial charge in [-0.3, -0.25) is 9.13 Å². The lowest BCUT2D eigenvalue weighted by atomic mass is 9.81. The fraction of sp³-hybridized carbons (Fsp3) is 0. The third-order valence-electron chi connectivity index (χ3n) is 9.06. The fourth-order valence-corrected chi connectivity index (χ4v) is 7.24. The zero-order valence-electron chi connectivity index (χ0n) is 29.5. The zero-order valence-corrected chi connectivity index (χ0v) is 31.7. The summed E-state index contributed by atoms with van der Waals surface area (Å²) >= 11 is 18.4. The summed E-state index contributed by atoms with van der Waals surface area (Å²) in [5, 5.41) is 22.9. The van der Waals surface area contributed by atoms with Crippen molar-refractivity contribution < 1.29 is 10.0 Å². The molecule has 0 unspecified atom stereocenters. The van der Waals surface area contributed by atoms with Crippen LogP contribution in [0, 0.1) is 0 Å². The van der Waals surface area contributed by atoms with Crippen molar-refractivity contribution in [2.24, 2.45) is 0 Å².